The first-order valence-corrected chi connectivity index (χ1v) is 5.43. The minimum Gasteiger partial charge on any atom is -0.370 e. The monoisotopic (exact) mass is 216 g/mol. The van der Waals surface area contributed by atoms with E-state index < -0.39 is 5.41 Å². The molecule has 4 heteroatoms. The minimum absolute atomic E-state index is 0.0257. The van der Waals surface area contributed by atoms with Gasteiger partial charge in [-0.2, -0.15) is 5.48 Å². The summed E-state index contributed by atoms with van der Waals surface area (Å²) in [6.45, 7) is 10.2. The van der Waals surface area contributed by atoms with Gasteiger partial charge in [-0.3, -0.25) is 0 Å². The SMILES string of the molecule is CC(C)CC(N)CNOC(=O)C(C)(C)C. The van der Waals surface area contributed by atoms with E-state index in [-0.39, 0.29) is 12.0 Å². The van der Waals surface area contributed by atoms with E-state index in [1.807, 2.05) is 20.8 Å². The van der Waals surface area contributed by atoms with E-state index in [1.165, 1.54) is 0 Å². The van der Waals surface area contributed by atoms with Gasteiger partial charge in [0.15, 0.2) is 0 Å². The molecule has 0 rings (SSSR count). The zero-order valence-electron chi connectivity index (χ0n) is 10.5. The maximum Gasteiger partial charge on any atom is 0.329 e. The molecule has 0 aliphatic carbocycles. The summed E-state index contributed by atoms with van der Waals surface area (Å²) in [5.41, 5.74) is 7.96. The van der Waals surface area contributed by atoms with Crippen LogP contribution in [0.3, 0.4) is 0 Å². The molecule has 0 aromatic rings. The molecule has 0 radical (unpaired) electrons. The van der Waals surface area contributed by atoms with Crippen molar-refractivity contribution in [1.29, 1.82) is 0 Å². The molecule has 1 atom stereocenters. The summed E-state index contributed by atoms with van der Waals surface area (Å²) >= 11 is 0. The quantitative estimate of drug-likeness (QED) is 0.683. The van der Waals surface area contributed by atoms with Crippen molar-refractivity contribution >= 4 is 5.97 Å². The Morgan fingerprint density at radius 2 is 1.93 bits per heavy atom. The fraction of sp³-hybridized carbons (Fsp3) is 0.909. The highest BCUT2D eigenvalue weighted by atomic mass is 16.7. The third-order valence-corrected chi connectivity index (χ3v) is 1.90. The number of carbonyl (C=O) groups is 1. The topological polar surface area (TPSA) is 64.3 Å². The van der Waals surface area contributed by atoms with Crippen LogP contribution in [-0.2, 0) is 9.63 Å². The number of rotatable bonds is 5. The number of hydroxylamine groups is 1. The van der Waals surface area contributed by atoms with Gasteiger partial charge < -0.3 is 10.6 Å². The first-order valence-electron chi connectivity index (χ1n) is 5.43. The Morgan fingerprint density at radius 1 is 1.40 bits per heavy atom. The lowest BCUT2D eigenvalue weighted by Crippen LogP contribution is -2.38. The Labute approximate surface area is 92.5 Å². The molecular weight excluding hydrogens is 192 g/mol. The molecule has 0 amide bonds. The number of hydrogen-bond donors (Lipinski definition) is 2. The second kappa shape index (κ2) is 6.08. The Kier molecular flexibility index (Phi) is 5.83. The van der Waals surface area contributed by atoms with Crippen LogP contribution in [0.5, 0.6) is 0 Å². The van der Waals surface area contributed by atoms with Gasteiger partial charge in [0.25, 0.3) is 0 Å². The lowest BCUT2D eigenvalue weighted by Gasteiger charge is -2.18. The first kappa shape index (κ1) is 14.4. The molecule has 0 saturated heterocycles. The van der Waals surface area contributed by atoms with Gasteiger partial charge >= 0.3 is 5.97 Å². The summed E-state index contributed by atoms with van der Waals surface area (Å²) in [6.07, 6.45) is 0.917. The summed E-state index contributed by atoms with van der Waals surface area (Å²) in [6, 6.07) is 0.0257. The van der Waals surface area contributed by atoms with Gasteiger partial charge in [-0.1, -0.05) is 13.8 Å². The van der Waals surface area contributed by atoms with Crippen LogP contribution in [0.1, 0.15) is 41.0 Å². The molecule has 0 bridgehead atoms. The van der Waals surface area contributed by atoms with E-state index in [1.54, 1.807) is 0 Å². The van der Waals surface area contributed by atoms with E-state index in [4.69, 9.17) is 10.6 Å². The molecule has 0 spiro atoms. The smallest absolute Gasteiger partial charge is 0.329 e. The van der Waals surface area contributed by atoms with Crippen molar-refractivity contribution in [2.24, 2.45) is 17.1 Å². The normalized spacial score (nSPS) is 14.1. The number of hydrogen-bond acceptors (Lipinski definition) is 4. The highest BCUT2D eigenvalue weighted by Gasteiger charge is 2.23. The van der Waals surface area contributed by atoms with Crippen LogP contribution in [-0.4, -0.2) is 18.6 Å². The maximum atomic E-state index is 11.3. The fourth-order valence-electron chi connectivity index (χ4n) is 1.06. The Bertz CT molecular complexity index is 197. The molecule has 0 aromatic carbocycles. The molecule has 1 unspecified atom stereocenters. The molecule has 0 aromatic heterocycles. The Balaban J connectivity index is 3.67. The Hall–Kier alpha value is -0.610. The molecule has 0 saturated carbocycles. The first-order chi connectivity index (χ1) is 6.73. The van der Waals surface area contributed by atoms with Crippen LogP contribution in [0.2, 0.25) is 0 Å². The second-order valence-corrected chi connectivity index (χ2v) is 5.38. The summed E-state index contributed by atoms with van der Waals surface area (Å²) in [5.74, 6) is 0.291. The standard InChI is InChI=1S/C11H24N2O2/c1-8(2)6-9(12)7-13-15-10(14)11(3,4)5/h8-9,13H,6-7,12H2,1-5H3. The number of carbonyl (C=O) groups excluding carboxylic acids is 1. The summed E-state index contributed by atoms with van der Waals surface area (Å²) in [4.78, 5) is 16.2. The number of nitrogens with two attached hydrogens (primary N) is 1. The van der Waals surface area contributed by atoms with Gasteiger partial charge in [0.1, 0.15) is 0 Å². The molecule has 0 aliphatic rings. The van der Waals surface area contributed by atoms with E-state index in [9.17, 15) is 4.79 Å². The lowest BCUT2D eigenvalue weighted by molar-refractivity contribution is -0.160. The van der Waals surface area contributed by atoms with E-state index >= 15 is 0 Å². The summed E-state index contributed by atoms with van der Waals surface area (Å²) in [7, 11) is 0. The van der Waals surface area contributed by atoms with Crippen molar-refractivity contribution in [3.63, 3.8) is 0 Å². The molecule has 15 heavy (non-hydrogen) atoms. The third kappa shape index (κ3) is 7.33. The second-order valence-electron chi connectivity index (χ2n) is 5.38. The van der Waals surface area contributed by atoms with Crippen molar-refractivity contribution < 1.29 is 9.63 Å². The summed E-state index contributed by atoms with van der Waals surface area (Å²) < 4.78 is 0. The predicted octanol–water partition coefficient (Wildman–Crippen LogP) is 1.45. The highest BCUT2D eigenvalue weighted by molar-refractivity contribution is 5.75. The van der Waals surface area contributed by atoms with E-state index in [2.05, 4.69) is 19.3 Å². The van der Waals surface area contributed by atoms with Gasteiger partial charge in [0.2, 0.25) is 0 Å². The van der Waals surface area contributed by atoms with Crippen molar-refractivity contribution in [1.82, 2.24) is 5.48 Å². The van der Waals surface area contributed by atoms with Crippen molar-refractivity contribution in [2.75, 3.05) is 6.54 Å². The molecule has 0 fully saturated rings. The largest absolute Gasteiger partial charge is 0.370 e. The van der Waals surface area contributed by atoms with Crippen LogP contribution in [0.25, 0.3) is 0 Å². The van der Waals surface area contributed by atoms with Crippen molar-refractivity contribution in [3.8, 4) is 0 Å². The third-order valence-electron chi connectivity index (χ3n) is 1.90. The minimum atomic E-state index is -0.477. The van der Waals surface area contributed by atoms with Gasteiger partial charge in [-0.05, 0) is 33.1 Å². The highest BCUT2D eigenvalue weighted by Crippen LogP contribution is 2.14. The zero-order valence-corrected chi connectivity index (χ0v) is 10.5. The lowest BCUT2D eigenvalue weighted by atomic mass is 9.98. The molecule has 3 N–H and O–H groups in total. The average molecular weight is 216 g/mol. The molecule has 4 nitrogen and oxygen atoms in total. The predicted molar refractivity (Wildman–Crippen MR) is 61.0 cm³/mol. The van der Waals surface area contributed by atoms with Gasteiger partial charge in [0, 0.05) is 12.6 Å². The zero-order chi connectivity index (χ0) is 12.1. The van der Waals surface area contributed by atoms with Gasteiger partial charge in [-0.15, -0.1) is 0 Å². The molecule has 90 valence electrons. The summed E-state index contributed by atoms with van der Waals surface area (Å²) in [5, 5.41) is 0. The molecule has 0 aliphatic heterocycles. The van der Waals surface area contributed by atoms with Crippen LogP contribution in [0.4, 0.5) is 0 Å². The number of nitrogens with one attached hydrogen (secondary N) is 1. The maximum absolute atomic E-state index is 11.3. The Morgan fingerprint density at radius 3 is 2.33 bits per heavy atom. The van der Waals surface area contributed by atoms with Crippen molar-refractivity contribution in [3.05, 3.63) is 0 Å². The van der Waals surface area contributed by atoms with E-state index in [0.717, 1.165) is 6.42 Å². The van der Waals surface area contributed by atoms with E-state index in [0.29, 0.717) is 12.5 Å². The molecule has 0 heterocycles. The molecular formula is C11H24N2O2. The van der Waals surface area contributed by atoms with Gasteiger partial charge in [-0.25, -0.2) is 4.79 Å². The van der Waals surface area contributed by atoms with Gasteiger partial charge in [0.05, 0.1) is 5.41 Å². The van der Waals surface area contributed by atoms with Crippen LogP contribution in [0, 0.1) is 11.3 Å². The van der Waals surface area contributed by atoms with Crippen LogP contribution < -0.4 is 11.2 Å². The van der Waals surface area contributed by atoms with Crippen LogP contribution in [0.15, 0.2) is 0 Å². The van der Waals surface area contributed by atoms with Crippen LogP contribution >= 0.6 is 0 Å². The fourth-order valence-corrected chi connectivity index (χ4v) is 1.06. The average Bonchev–Trinajstić information content (AvgIpc) is 2.00. The van der Waals surface area contributed by atoms with Crippen molar-refractivity contribution in [2.45, 2.75) is 47.1 Å².